The van der Waals surface area contributed by atoms with Crippen LogP contribution in [0.15, 0.2) is 70.4 Å². The summed E-state index contributed by atoms with van der Waals surface area (Å²) in [6.07, 6.45) is 0. The second-order valence-corrected chi connectivity index (χ2v) is 11.1. The topological polar surface area (TPSA) is 97.3 Å². The Hall–Kier alpha value is -3.43. The molecule has 34 heavy (non-hydrogen) atoms. The second-order valence-electron chi connectivity index (χ2n) is 8.42. The van der Waals surface area contributed by atoms with E-state index >= 15 is 0 Å². The molecule has 9 heteroatoms. The molecular weight excluding hydrogens is 470 g/mol. The fourth-order valence-electron chi connectivity index (χ4n) is 3.65. The van der Waals surface area contributed by atoms with Gasteiger partial charge in [-0.05, 0) is 81.8 Å². The normalized spacial score (nSPS) is 11.7. The van der Waals surface area contributed by atoms with Crippen LogP contribution in [0, 0.1) is 13.8 Å². The zero-order valence-electron chi connectivity index (χ0n) is 19.2. The summed E-state index contributed by atoms with van der Waals surface area (Å²) in [4.78, 5) is 25.2. The van der Waals surface area contributed by atoms with Crippen molar-refractivity contribution in [3.05, 3.63) is 87.0 Å². The summed E-state index contributed by atoms with van der Waals surface area (Å²) in [6.45, 7) is 7.54. The molecule has 1 heterocycles. The summed E-state index contributed by atoms with van der Waals surface area (Å²) in [7, 11) is -3.74. The van der Waals surface area contributed by atoms with Crippen molar-refractivity contribution in [3.63, 3.8) is 0 Å². The van der Waals surface area contributed by atoms with Gasteiger partial charge < -0.3 is 5.32 Å². The summed E-state index contributed by atoms with van der Waals surface area (Å²) in [5, 5.41) is 2.85. The molecule has 0 saturated heterocycles. The second kappa shape index (κ2) is 9.08. The first kappa shape index (κ1) is 23.7. The van der Waals surface area contributed by atoms with Gasteiger partial charge in [-0.3, -0.25) is 18.9 Å². The first-order valence-electron chi connectivity index (χ1n) is 10.7. The first-order chi connectivity index (χ1) is 16.0. The minimum Gasteiger partial charge on any atom is -0.322 e. The number of rotatable bonds is 6. The SMILES string of the molecule is Cc1ccc(S(=O)(=O)Nc2ccc(C(=O)Nc3ccc4c(c3)sc(=O)n4C(C)C)cc2C)cc1. The lowest BCUT2D eigenvalue weighted by molar-refractivity contribution is 0.102. The number of fused-ring (bicyclic) bond motifs is 1. The third kappa shape index (κ3) is 4.76. The Labute approximate surface area is 202 Å². The van der Waals surface area contributed by atoms with Crippen molar-refractivity contribution >= 4 is 48.9 Å². The van der Waals surface area contributed by atoms with Gasteiger partial charge in [0.1, 0.15) is 0 Å². The highest BCUT2D eigenvalue weighted by molar-refractivity contribution is 7.92. The molecule has 1 amide bonds. The molecule has 7 nitrogen and oxygen atoms in total. The van der Waals surface area contributed by atoms with Crippen LogP contribution in [0.1, 0.15) is 41.4 Å². The Morgan fingerprint density at radius 2 is 1.68 bits per heavy atom. The lowest BCUT2D eigenvalue weighted by Gasteiger charge is -2.13. The molecule has 176 valence electrons. The molecule has 0 radical (unpaired) electrons. The van der Waals surface area contributed by atoms with Crippen molar-refractivity contribution in [3.8, 4) is 0 Å². The average molecular weight is 496 g/mol. The molecule has 2 N–H and O–H groups in total. The average Bonchev–Trinajstić information content (AvgIpc) is 3.10. The van der Waals surface area contributed by atoms with E-state index in [4.69, 9.17) is 0 Å². The summed E-state index contributed by atoms with van der Waals surface area (Å²) in [6, 6.07) is 16.8. The van der Waals surface area contributed by atoms with E-state index in [1.165, 1.54) is 0 Å². The number of aromatic nitrogens is 1. The molecule has 1 aromatic heterocycles. The zero-order valence-corrected chi connectivity index (χ0v) is 20.9. The largest absolute Gasteiger partial charge is 0.322 e. The smallest absolute Gasteiger partial charge is 0.308 e. The minimum atomic E-state index is -3.74. The number of benzene rings is 3. The van der Waals surface area contributed by atoms with Gasteiger partial charge in [-0.1, -0.05) is 29.0 Å². The maximum atomic E-state index is 12.8. The number of carbonyl (C=O) groups excluding carboxylic acids is 1. The quantitative estimate of drug-likeness (QED) is 0.379. The number of carbonyl (C=O) groups is 1. The Morgan fingerprint density at radius 3 is 2.32 bits per heavy atom. The number of sulfonamides is 1. The summed E-state index contributed by atoms with van der Waals surface area (Å²) in [5.41, 5.74) is 3.80. The number of aryl methyl sites for hydroxylation is 2. The number of hydrogen-bond donors (Lipinski definition) is 2. The maximum Gasteiger partial charge on any atom is 0.308 e. The molecule has 3 aromatic carbocycles. The highest BCUT2D eigenvalue weighted by Gasteiger charge is 2.17. The van der Waals surface area contributed by atoms with Gasteiger partial charge in [0.25, 0.3) is 15.9 Å². The predicted molar refractivity (Wildman–Crippen MR) is 138 cm³/mol. The number of nitrogens with one attached hydrogen (secondary N) is 2. The summed E-state index contributed by atoms with van der Waals surface area (Å²) in [5.74, 6) is -0.328. The summed E-state index contributed by atoms with van der Waals surface area (Å²) < 4.78 is 30.5. The lowest BCUT2D eigenvalue weighted by atomic mass is 10.1. The molecule has 0 aliphatic carbocycles. The molecule has 0 atom stereocenters. The number of anilines is 2. The fraction of sp³-hybridized carbons (Fsp3) is 0.200. The van der Waals surface area contributed by atoms with Crippen LogP contribution >= 0.6 is 11.3 Å². The van der Waals surface area contributed by atoms with Gasteiger partial charge in [0.15, 0.2) is 0 Å². The molecule has 0 bridgehead atoms. The van der Waals surface area contributed by atoms with Gasteiger partial charge in [-0.15, -0.1) is 0 Å². The van der Waals surface area contributed by atoms with Crippen LogP contribution in [0.3, 0.4) is 0 Å². The molecule has 0 aliphatic heterocycles. The standard InChI is InChI=1S/C25H25N3O4S2/c1-15(2)28-22-12-8-19(14-23(22)33-25(28)30)26-24(29)18-7-11-21(17(4)13-18)27-34(31,32)20-9-5-16(3)6-10-20/h5-15,27H,1-4H3,(H,26,29). The molecule has 0 fully saturated rings. The molecule has 4 rings (SSSR count). The molecule has 0 aliphatic rings. The maximum absolute atomic E-state index is 12.8. The highest BCUT2D eigenvalue weighted by atomic mass is 32.2. The molecule has 4 aromatic rings. The molecule has 0 unspecified atom stereocenters. The van der Waals surface area contributed by atoms with Gasteiger partial charge in [0.2, 0.25) is 0 Å². The zero-order chi connectivity index (χ0) is 24.6. The van der Waals surface area contributed by atoms with Crippen LogP contribution in [0.25, 0.3) is 10.2 Å². The molecule has 0 spiro atoms. The highest BCUT2D eigenvalue weighted by Crippen LogP contribution is 2.25. The third-order valence-electron chi connectivity index (χ3n) is 5.45. The van der Waals surface area contributed by atoms with Gasteiger partial charge in [0.05, 0.1) is 20.8 Å². The van der Waals surface area contributed by atoms with Crippen molar-refractivity contribution in [1.82, 2.24) is 4.57 Å². The van der Waals surface area contributed by atoms with Crippen LogP contribution in [0.5, 0.6) is 0 Å². The number of nitrogens with zero attached hydrogens (tertiary/aromatic N) is 1. The molecular formula is C25H25N3O4S2. The van der Waals surface area contributed by atoms with Crippen molar-refractivity contribution in [2.45, 2.75) is 38.6 Å². The van der Waals surface area contributed by atoms with Gasteiger partial charge in [-0.2, -0.15) is 0 Å². The third-order valence-corrected chi connectivity index (χ3v) is 7.75. The van der Waals surface area contributed by atoms with E-state index in [1.54, 1.807) is 66.1 Å². The molecule has 0 saturated carbocycles. The number of hydrogen-bond acceptors (Lipinski definition) is 5. The van der Waals surface area contributed by atoms with Crippen LogP contribution < -0.4 is 14.9 Å². The van der Waals surface area contributed by atoms with Crippen LogP contribution in [-0.4, -0.2) is 18.9 Å². The lowest BCUT2D eigenvalue weighted by Crippen LogP contribution is -2.15. The first-order valence-corrected chi connectivity index (χ1v) is 13.0. The Balaban J connectivity index is 1.53. The van der Waals surface area contributed by atoms with Crippen molar-refractivity contribution in [2.75, 3.05) is 10.0 Å². The van der Waals surface area contributed by atoms with Crippen LogP contribution in [0.2, 0.25) is 0 Å². The van der Waals surface area contributed by atoms with E-state index < -0.39 is 10.0 Å². The van der Waals surface area contributed by atoms with E-state index in [1.807, 2.05) is 26.8 Å². The fourth-order valence-corrected chi connectivity index (χ4v) is 5.83. The van der Waals surface area contributed by atoms with E-state index in [2.05, 4.69) is 10.0 Å². The van der Waals surface area contributed by atoms with E-state index in [0.29, 0.717) is 22.5 Å². The van der Waals surface area contributed by atoms with Crippen molar-refractivity contribution in [2.24, 2.45) is 0 Å². The van der Waals surface area contributed by atoms with Gasteiger partial charge in [0, 0.05) is 17.3 Å². The van der Waals surface area contributed by atoms with E-state index in [9.17, 15) is 18.0 Å². The van der Waals surface area contributed by atoms with Gasteiger partial charge >= 0.3 is 4.87 Å². The van der Waals surface area contributed by atoms with Crippen molar-refractivity contribution in [1.29, 1.82) is 0 Å². The Morgan fingerprint density at radius 1 is 0.971 bits per heavy atom. The number of amides is 1. The van der Waals surface area contributed by atoms with Gasteiger partial charge in [-0.25, -0.2) is 8.42 Å². The Bertz CT molecular complexity index is 1550. The van der Waals surface area contributed by atoms with Crippen LogP contribution in [-0.2, 0) is 10.0 Å². The monoisotopic (exact) mass is 495 g/mol. The Kier molecular flexibility index (Phi) is 6.33. The predicted octanol–water partition coefficient (Wildman–Crippen LogP) is 5.31. The van der Waals surface area contributed by atoms with Crippen molar-refractivity contribution < 1.29 is 13.2 Å². The van der Waals surface area contributed by atoms with E-state index in [0.717, 1.165) is 27.1 Å². The van der Waals surface area contributed by atoms with Crippen LogP contribution in [0.4, 0.5) is 11.4 Å². The summed E-state index contributed by atoms with van der Waals surface area (Å²) >= 11 is 1.14. The number of thiazole rings is 1. The minimum absolute atomic E-state index is 0.0345. The van der Waals surface area contributed by atoms with E-state index in [-0.39, 0.29) is 21.7 Å².